The third kappa shape index (κ3) is 10.6. The van der Waals surface area contributed by atoms with Gasteiger partial charge >= 0.3 is 8.56 Å². The average Bonchev–Trinajstić information content (AvgIpc) is 2.57. The van der Waals surface area contributed by atoms with Crippen LogP contribution in [-0.4, -0.2) is 47.1 Å². The molecule has 2 atom stereocenters. The van der Waals surface area contributed by atoms with Crippen LogP contribution in [0.1, 0.15) is 27.7 Å². The number of rotatable bonds is 14. The summed E-state index contributed by atoms with van der Waals surface area (Å²) in [6.45, 7) is 8.62. The molecule has 0 aliphatic heterocycles. The fourth-order valence-electron chi connectivity index (χ4n) is 2.59. The Labute approximate surface area is 187 Å². The SMILES string of the molecule is CC[SiH](CC)O[Si](CC(Cl)C(Cl)Cl)(CC(Cl)C(Cl)Cl)O[SiH](CC)CC. The number of halogens is 6. The summed E-state index contributed by atoms with van der Waals surface area (Å²) in [7, 11) is -5.55. The van der Waals surface area contributed by atoms with Crippen LogP contribution in [0.4, 0.5) is 0 Å². The molecule has 0 aromatic carbocycles. The molecular formula is C14H30Cl6O2Si3. The Balaban J connectivity index is 5.71. The van der Waals surface area contributed by atoms with Gasteiger partial charge in [0.2, 0.25) is 0 Å². The van der Waals surface area contributed by atoms with E-state index in [1.165, 1.54) is 0 Å². The normalized spacial score (nSPS) is 15.6. The third-order valence-corrected chi connectivity index (χ3v) is 19.1. The molecule has 25 heavy (non-hydrogen) atoms. The molecule has 0 amide bonds. The lowest BCUT2D eigenvalue weighted by molar-refractivity contribution is 0.379. The van der Waals surface area contributed by atoms with Crippen molar-refractivity contribution in [2.45, 2.75) is 84.4 Å². The summed E-state index contributed by atoms with van der Waals surface area (Å²) < 4.78 is 13.4. The first kappa shape index (κ1) is 27.3. The predicted octanol–water partition coefficient (Wildman–Crippen LogP) is 6.81. The lowest BCUT2D eigenvalue weighted by Crippen LogP contribution is -2.53. The van der Waals surface area contributed by atoms with E-state index in [9.17, 15) is 0 Å². The lowest BCUT2D eigenvalue weighted by Gasteiger charge is -2.39. The van der Waals surface area contributed by atoms with Crippen LogP contribution in [0.3, 0.4) is 0 Å². The van der Waals surface area contributed by atoms with Gasteiger partial charge in [0.05, 0.1) is 10.8 Å². The Morgan fingerprint density at radius 2 is 0.920 bits per heavy atom. The molecule has 0 fully saturated rings. The summed E-state index contributed by atoms with van der Waals surface area (Å²) >= 11 is 37.0. The van der Waals surface area contributed by atoms with Gasteiger partial charge in [-0.25, -0.2) is 0 Å². The standard InChI is InChI=1S/C14H30Cl6O2Si3/c1-5-23(6-2)21-25(9-11(15)13(17)18,10-12(16)14(19)20)22-24(7-3)8-4/h11-14,23-24H,5-10H2,1-4H3. The van der Waals surface area contributed by atoms with E-state index in [0.717, 1.165) is 24.2 Å². The molecule has 0 aromatic heterocycles. The van der Waals surface area contributed by atoms with Crippen LogP contribution >= 0.6 is 69.6 Å². The van der Waals surface area contributed by atoms with Gasteiger partial charge in [0.15, 0.2) is 18.1 Å². The van der Waals surface area contributed by atoms with E-state index < -0.39 is 47.1 Å². The van der Waals surface area contributed by atoms with E-state index in [1.807, 2.05) is 0 Å². The van der Waals surface area contributed by atoms with E-state index in [1.54, 1.807) is 0 Å². The molecule has 0 heterocycles. The fraction of sp³-hybridized carbons (Fsp3) is 1.00. The minimum absolute atomic E-state index is 0.449. The Bertz CT molecular complexity index is 303. The molecule has 11 heteroatoms. The zero-order chi connectivity index (χ0) is 19.6. The second-order valence-corrected chi connectivity index (χ2v) is 19.9. The van der Waals surface area contributed by atoms with Gasteiger partial charge in [0, 0.05) is 12.1 Å². The van der Waals surface area contributed by atoms with E-state index in [-0.39, 0.29) is 0 Å². The van der Waals surface area contributed by atoms with Crippen LogP contribution in [0.15, 0.2) is 0 Å². The van der Waals surface area contributed by atoms with Crippen molar-refractivity contribution in [3.63, 3.8) is 0 Å². The van der Waals surface area contributed by atoms with Gasteiger partial charge in [-0.3, -0.25) is 0 Å². The van der Waals surface area contributed by atoms with Crippen molar-refractivity contribution in [1.82, 2.24) is 0 Å². The Morgan fingerprint density at radius 3 is 1.12 bits per heavy atom. The molecule has 0 saturated heterocycles. The summed E-state index contributed by atoms with van der Waals surface area (Å²) in [5, 5.41) is -0.899. The van der Waals surface area contributed by atoms with Crippen LogP contribution in [-0.2, 0) is 8.23 Å². The molecule has 0 spiro atoms. The lowest BCUT2D eigenvalue weighted by atomic mass is 10.5. The molecule has 0 saturated carbocycles. The first-order valence-corrected chi connectivity index (χ1v) is 17.9. The van der Waals surface area contributed by atoms with Gasteiger partial charge < -0.3 is 8.23 Å². The maximum Gasteiger partial charge on any atom is 0.320 e. The summed E-state index contributed by atoms with van der Waals surface area (Å²) in [6, 6.07) is 5.10. The highest BCUT2D eigenvalue weighted by molar-refractivity contribution is 6.82. The summed E-state index contributed by atoms with van der Waals surface area (Å²) in [6.07, 6.45) is 0. The van der Waals surface area contributed by atoms with E-state index in [4.69, 9.17) is 77.8 Å². The minimum Gasteiger partial charge on any atom is -0.439 e. The van der Waals surface area contributed by atoms with Gasteiger partial charge in [-0.1, -0.05) is 27.7 Å². The first-order chi connectivity index (χ1) is 11.6. The second-order valence-electron chi connectivity index (χ2n) is 6.13. The smallest absolute Gasteiger partial charge is 0.320 e. The van der Waals surface area contributed by atoms with E-state index in [0.29, 0.717) is 12.1 Å². The summed E-state index contributed by atoms with van der Waals surface area (Å²) in [5.41, 5.74) is 0. The number of hydrogen-bond acceptors (Lipinski definition) is 2. The molecule has 0 N–H and O–H groups in total. The molecule has 2 unspecified atom stereocenters. The number of hydrogen-bond donors (Lipinski definition) is 0. The molecule has 0 aliphatic rings. The van der Waals surface area contributed by atoms with Crippen LogP contribution < -0.4 is 0 Å². The monoisotopic (exact) mass is 524 g/mol. The average molecular weight is 527 g/mol. The van der Waals surface area contributed by atoms with Crippen LogP contribution in [0.25, 0.3) is 0 Å². The first-order valence-electron chi connectivity index (χ1n) is 8.84. The van der Waals surface area contributed by atoms with Crippen molar-refractivity contribution in [2.75, 3.05) is 0 Å². The summed E-state index contributed by atoms with van der Waals surface area (Å²) in [5.74, 6) is 0. The van der Waals surface area contributed by atoms with Crippen molar-refractivity contribution in [3.8, 4) is 0 Å². The van der Waals surface area contributed by atoms with Crippen LogP contribution in [0, 0.1) is 0 Å². The quantitative estimate of drug-likeness (QED) is 0.183. The van der Waals surface area contributed by atoms with Gasteiger partial charge in [0.25, 0.3) is 0 Å². The third-order valence-electron chi connectivity index (χ3n) is 4.14. The molecule has 2 nitrogen and oxygen atoms in total. The maximum atomic E-state index is 6.70. The molecule has 152 valence electrons. The topological polar surface area (TPSA) is 18.5 Å². The van der Waals surface area contributed by atoms with Crippen LogP contribution in [0.2, 0.25) is 36.3 Å². The van der Waals surface area contributed by atoms with Crippen LogP contribution in [0.5, 0.6) is 0 Å². The molecular weight excluding hydrogens is 497 g/mol. The summed E-state index contributed by atoms with van der Waals surface area (Å²) in [4.78, 5) is -1.38. The fourth-order valence-corrected chi connectivity index (χ4v) is 17.7. The van der Waals surface area contributed by atoms with E-state index >= 15 is 0 Å². The Hall–Kier alpha value is 2.31. The van der Waals surface area contributed by atoms with Crippen molar-refractivity contribution < 1.29 is 8.23 Å². The molecule has 0 radical (unpaired) electrons. The highest BCUT2D eigenvalue weighted by Gasteiger charge is 2.46. The zero-order valence-electron chi connectivity index (χ0n) is 15.3. The van der Waals surface area contributed by atoms with E-state index in [2.05, 4.69) is 27.7 Å². The highest BCUT2D eigenvalue weighted by atomic mass is 35.5. The highest BCUT2D eigenvalue weighted by Crippen LogP contribution is 2.35. The molecule has 0 aromatic rings. The number of alkyl halides is 6. The van der Waals surface area contributed by atoms with Crippen molar-refractivity contribution in [2.24, 2.45) is 0 Å². The Morgan fingerprint density at radius 1 is 0.640 bits per heavy atom. The molecule has 0 rings (SSSR count). The van der Waals surface area contributed by atoms with Crippen molar-refractivity contribution in [3.05, 3.63) is 0 Å². The second kappa shape index (κ2) is 14.3. The largest absolute Gasteiger partial charge is 0.439 e. The van der Waals surface area contributed by atoms with Gasteiger partial charge in [-0.15, -0.1) is 69.6 Å². The van der Waals surface area contributed by atoms with Crippen molar-refractivity contribution >= 4 is 96.2 Å². The molecule has 0 bridgehead atoms. The molecule has 0 aliphatic carbocycles. The Kier molecular flexibility index (Phi) is 15.6. The van der Waals surface area contributed by atoms with Crippen molar-refractivity contribution in [1.29, 1.82) is 0 Å². The van der Waals surface area contributed by atoms with Gasteiger partial charge in [-0.05, 0) is 24.2 Å². The maximum absolute atomic E-state index is 6.70. The zero-order valence-corrected chi connectivity index (χ0v) is 23.1. The van der Waals surface area contributed by atoms with Gasteiger partial charge in [0.1, 0.15) is 9.67 Å². The predicted molar refractivity (Wildman–Crippen MR) is 124 cm³/mol. The minimum atomic E-state index is -2.74. The van der Waals surface area contributed by atoms with Gasteiger partial charge in [-0.2, -0.15) is 0 Å².